The van der Waals surface area contributed by atoms with Crippen molar-refractivity contribution < 1.29 is 15.0 Å². The summed E-state index contributed by atoms with van der Waals surface area (Å²) in [6.45, 7) is 16.9. The largest absolute Gasteiger partial charge is 0.395 e. The molecule has 9 atom stereocenters. The maximum atomic E-state index is 13.3. The van der Waals surface area contributed by atoms with Crippen molar-refractivity contribution in [2.24, 2.45) is 57.2 Å². The predicted molar refractivity (Wildman–Crippen MR) is 137 cm³/mol. The Labute approximate surface area is 208 Å². The number of allylic oxidation sites excluding steroid dienone is 1. The number of fused-ring (bicyclic) bond motifs is 7. The van der Waals surface area contributed by atoms with Gasteiger partial charge in [-0.2, -0.15) is 0 Å². The van der Waals surface area contributed by atoms with Gasteiger partial charge in [-0.25, -0.2) is 0 Å². The first kappa shape index (κ1) is 25.0. The molecule has 4 saturated carbocycles. The number of ketones is 1. The molecular formula is C31H50O3. The van der Waals surface area contributed by atoms with Gasteiger partial charge in [0.25, 0.3) is 0 Å². The van der Waals surface area contributed by atoms with E-state index in [-0.39, 0.29) is 34.9 Å². The van der Waals surface area contributed by atoms with Crippen LogP contribution in [0.4, 0.5) is 0 Å². The number of hydrogen-bond donors (Lipinski definition) is 2. The number of carbonyl (C=O) groups is 1. The first-order valence-electron chi connectivity index (χ1n) is 14.4. The average Bonchev–Trinajstić information content (AvgIpc) is 3.07. The molecule has 0 heterocycles. The molecular weight excluding hydrogens is 420 g/mol. The average molecular weight is 471 g/mol. The second-order valence-electron chi connectivity index (χ2n) is 14.6. The number of hydrogen-bond acceptors (Lipinski definition) is 3. The maximum absolute atomic E-state index is 13.3. The first-order chi connectivity index (χ1) is 15.9. The molecule has 2 N–H and O–H groups in total. The van der Waals surface area contributed by atoms with E-state index in [0.717, 1.165) is 37.7 Å². The van der Waals surface area contributed by atoms with Crippen LogP contribution >= 0.6 is 0 Å². The zero-order valence-electron chi connectivity index (χ0n) is 22.9. The lowest BCUT2D eigenvalue weighted by molar-refractivity contribution is -0.217. The van der Waals surface area contributed by atoms with Crippen molar-refractivity contribution in [2.75, 3.05) is 6.61 Å². The second kappa shape index (κ2) is 7.91. The van der Waals surface area contributed by atoms with Crippen molar-refractivity contribution in [1.82, 2.24) is 0 Å². The van der Waals surface area contributed by atoms with Crippen LogP contribution < -0.4 is 0 Å². The quantitative estimate of drug-likeness (QED) is 0.491. The normalized spacial score (nSPS) is 50.8. The molecule has 5 aliphatic carbocycles. The molecule has 0 saturated heterocycles. The fourth-order valence-corrected chi connectivity index (χ4v) is 11.1. The molecule has 192 valence electrons. The van der Waals surface area contributed by atoms with Gasteiger partial charge in [-0.3, -0.25) is 4.79 Å². The Hall–Kier alpha value is -0.670. The third-order valence-electron chi connectivity index (χ3n) is 12.9. The number of Topliss-reactive ketones (excluding diaryl/α,β-unsaturated/α-hetero) is 1. The molecule has 34 heavy (non-hydrogen) atoms. The zero-order valence-corrected chi connectivity index (χ0v) is 22.9. The molecule has 0 radical (unpaired) electrons. The number of aliphatic hydroxyl groups excluding tert-OH is 2. The summed E-state index contributed by atoms with van der Waals surface area (Å²) in [6, 6.07) is 0. The van der Waals surface area contributed by atoms with Gasteiger partial charge in [-0.05, 0) is 109 Å². The minimum Gasteiger partial charge on any atom is -0.395 e. The van der Waals surface area contributed by atoms with Gasteiger partial charge < -0.3 is 10.2 Å². The van der Waals surface area contributed by atoms with Crippen molar-refractivity contribution >= 4 is 5.78 Å². The Kier molecular flexibility index (Phi) is 5.82. The Balaban J connectivity index is 1.58. The molecule has 3 heteroatoms. The highest BCUT2D eigenvalue weighted by molar-refractivity contribution is 6.00. The number of carbonyl (C=O) groups excluding carboxylic acids is 1. The minimum absolute atomic E-state index is 0.130. The van der Waals surface area contributed by atoms with E-state index in [2.05, 4.69) is 48.5 Å². The van der Waals surface area contributed by atoms with E-state index in [9.17, 15) is 15.0 Å². The molecule has 5 rings (SSSR count). The smallest absolute Gasteiger partial charge is 0.160 e. The standard InChI is InChI=1S/C31H50O3/c1-18(2)25-20-10-13-30(7)24(28(20,5)12-11-22(25)33)9-8-21-27-26(19(3)4)23(34)16-31(27,17-32)15-14-29(21,30)6/h18-22,24-25,32-33H,8-17H2,1-7H3/t20-,21+,22-,24+,25?,28-,29+,30+,31-/m0/s1. The first-order valence-corrected chi connectivity index (χ1v) is 14.4. The van der Waals surface area contributed by atoms with E-state index in [0.29, 0.717) is 47.2 Å². The van der Waals surface area contributed by atoms with Crippen LogP contribution in [0.2, 0.25) is 0 Å². The predicted octanol–water partition coefficient (Wildman–Crippen LogP) is 6.57. The molecule has 0 spiro atoms. The van der Waals surface area contributed by atoms with Gasteiger partial charge in [0.2, 0.25) is 0 Å². The van der Waals surface area contributed by atoms with Gasteiger partial charge in [-0.15, -0.1) is 0 Å². The van der Waals surface area contributed by atoms with Crippen LogP contribution in [0.3, 0.4) is 0 Å². The Morgan fingerprint density at radius 3 is 2.24 bits per heavy atom. The van der Waals surface area contributed by atoms with Crippen LogP contribution in [-0.4, -0.2) is 28.7 Å². The van der Waals surface area contributed by atoms with Crippen molar-refractivity contribution in [3.63, 3.8) is 0 Å². The molecule has 0 aromatic carbocycles. The van der Waals surface area contributed by atoms with Crippen LogP contribution in [0.1, 0.15) is 106 Å². The molecule has 5 aliphatic rings. The monoisotopic (exact) mass is 470 g/mol. The van der Waals surface area contributed by atoms with Crippen molar-refractivity contribution in [2.45, 2.75) is 112 Å². The van der Waals surface area contributed by atoms with E-state index in [1.807, 2.05) is 0 Å². The van der Waals surface area contributed by atoms with Gasteiger partial charge >= 0.3 is 0 Å². The van der Waals surface area contributed by atoms with Gasteiger partial charge in [-0.1, -0.05) is 54.0 Å². The van der Waals surface area contributed by atoms with Crippen molar-refractivity contribution in [3.05, 3.63) is 11.1 Å². The summed E-state index contributed by atoms with van der Waals surface area (Å²) in [7, 11) is 0. The van der Waals surface area contributed by atoms with Crippen LogP contribution in [-0.2, 0) is 4.79 Å². The van der Waals surface area contributed by atoms with Crippen LogP contribution in [0.25, 0.3) is 0 Å². The van der Waals surface area contributed by atoms with Gasteiger partial charge in [0.05, 0.1) is 12.7 Å². The molecule has 0 aromatic rings. The van der Waals surface area contributed by atoms with E-state index < -0.39 is 0 Å². The molecule has 0 amide bonds. The molecule has 3 nitrogen and oxygen atoms in total. The summed E-state index contributed by atoms with van der Waals surface area (Å²) in [6.07, 6.45) is 9.45. The lowest BCUT2D eigenvalue weighted by Gasteiger charge is -2.71. The van der Waals surface area contributed by atoms with Gasteiger partial charge in [0.1, 0.15) is 0 Å². The molecule has 1 unspecified atom stereocenters. The maximum Gasteiger partial charge on any atom is 0.160 e. The lowest BCUT2D eigenvalue weighted by Crippen LogP contribution is -2.64. The summed E-state index contributed by atoms with van der Waals surface area (Å²) in [5.74, 6) is 3.22. The second-order valence-corrected chi connectivity index (χ2v) is 14.6. The lowest BCUT2D eigenvalue weighted by atomic mass is 9.33. The van der Waals surface area contributed by atoms with Crippen molar-refractivity contribution in [3.8, 4) is 0 Å². The topological polar surface area (TPSA) is 57.5 Å². The molecule has 0 aromatic heterocycles. The molecule has 0 aliphatic heterocycles. The summed E-state index contributed by atoms with van der Waals surface area (Å²) in [5.41, 5.74) is 2.88. The summed E-state index contributed by atoms with van der Waals surface area (Å²) in [5, 5.41) is 21.6. The van der Waals surface area contributed by atoms with Crippen LogP contribution in [0.5, 0.6) is 0 Å². The number of rotatable bonds is 3. The SMILES string of the molecule is CC(C)C1=C2[C@H]3CC[C@@H]4[C@@]5(C)CC[C@H](O)C(C(C)C)[C@@H]5CC[C@@]4(C)[C@]3(C)CC[C@@]2(CO)CC1=O. The van der Waals surface area contributed by atoms with Crippen LogP contribution in [0.15, 0.2) is 11.1 Å². The third-order valence-corrected chi connectivity index (χ3v) is 12.9. The van der Waals surface area contributed by atoms with E-state index in [1.165, 1.54) is 24.8 Å². The van der Waals surface area contributed by atoms with E-state index in [4.69, 9.17) is 0 Å². The Morgan fingerprint density at radius 1 is 0.912 bits per heavy atom. The Morgan fingerprint density at radius 2 is 1.62 bits per heavy atom. The van der Waals surface area contributed by atoms with E-state index >= 15 is 0 Å². The molecule has 0 bridgehead atoms. The highest BCUT2D eigenvalue weighted by atomic mass is 16.3. The van der Waals surface area contributed by atoms with Crippen molar-refractivity contribution in [1.29, 1.82) is 0 Å². The highest BCUT2D eigenvalue weighted by Gasteiger charge is 2.69. The fourth-order valence-electron chi connectivity index (χ4n) is 11.1. The number of aliphatic hydroxyl groups is 2. The summed E-state index contributed by atoms with van der Waals surface area (Å²) in [4.78, 5) is 13.3. The van der Waals surface area contributed by atoms with Gasteiger partial charge in [0, 0.05) is 11.8 Å². The third kappa shape index (κ3) is 2.98. The highest BCUT2D eigenvalue weighted by Crippen LogP contribution is 2.75. The fraction of sp³-hybridized carbons (Fsp3) is 0.903. The van der Waals surface area contributed by atoms with Crippen LogP contribution in [0, 0.1) is 57.2 Å². The summed E-state index contributed by atoms with van der Waals surface area (Å²) >= 11 is 0. The zero-order chi connectivity index (χ0) is 24.8. The summed E-state index contributed by atoms with van der Waals surface area (Å²) < 4.78 is 0. The molecule has 4 fully saturated rings. The van der Waals surface area contributed by atoms with E-state index in [1.54, 1.807) is 0 Å². The Bertz CT molecular complexity index is 887. The minimum atomic E-state index is -0.289. The van der Waals surface area contributed by atoms with Gasteiger partial charge in [0.15, 0.2) is 5.78 Å².